The topological polar surface area (TPSA) is 67.1 Å². The lowest BCUT2D eigenvalue weighted by molar-refractivity contribution is 0.376. The fourth-order valence-electron chi connectivity index (χ4n) is 4.08. The molecule has 0 radical (unpaired) electrons. The number of hydrogen-bond acceptors (Lipinski definition) is 5. The van der Waals surface area contributed by atoms with E-state index in [1.807, 2.05) is 44.2 Å². The zero-order valence-corrected chi connectivity index (χ0v) is 20.7. The van der Waals surface area contributed by atoms with Crippen LogP contribution in [-0.4, -0.2) is 23.1 Å². The van der Waals surface area contributed by atoms with Gasteiger partial charge in [-0.1, -0.05) is 62.9 Å². The number of nitrogen functional groups attached to an aromatic ring is 1. The molecule has 2 aromatic carbocycles. The van der Waals surface area contributed by atoms with E-state index in [1.54, 1.807) is 6.07 Å². The molecule has 2 heterocycles. The molecule has 3 N–H and O–H groups in total. The highest BCUT2D eigenvalue weighted by molar-refractivity contribution is 6.35. The zero-order chi connectivity index (χ0) is 23.1. The molecular formula is C25H33Cl2N5. The highest BCUT2D eigenvalue weighted by Crippen LogP contribution is 2.30. The zero-order valence-electron chi connectivity index (χ0n) is 19.2. The summed E-state index contributed by atoms with van der Waals surface area (Å²) >= 11 is 12.4. The first-order valence-electron chi connectivity index (χ1n) is 11.5. The van der Waals surface area contributed by atoms with Crippen LogP contribution in [0.15, 0.2) is 36.4 Å². The van der Waals surface area contributed by atoms with Gasteiger partial charge < -0.3 is 16.0 Å². The van der Waals surface area contributed by atoms with E-state index in [-0.39, 0.29) is 0 Å². The van der Waals surface area contributed by atoms with Crippen molar-refractivity contribution >= 4 is 51.6 Å². The van der Waals surface area contributed by atoms with Crippen molar-refractivity contribution in [1.29, 1.82) is 0 Å². The molecule has 32 heavy (non-hydrogen) atoms. The number of hydrogen-bond donors (Lipinski definition) is 2. The maximum absolute atomic E-state index is 6.35. The van der Waals surface area contributed by atoms with E-state index in [1.165, 1.54) is 25.7 Å². The number of halogens is 2. The number of piperidine rings is 1. The molecule has 0 unspecified atom stereocenters. The van der Waals surface area contributed by atoms with Crippen LogP contribution in [0, 0.1) is 5.92 Å². The van der Waals surface area contributed by atoms with Crippen molar-refractivity contribution in [3.8, 4) is 0 Å². The average Bonchev–Trinajstić information content (AvgIpc) is 2.80. The van der Waals surface area contributed by atoms with Gasteiger partial charge in [0.2, 0.25) is 5.95 Å². The van der Waals surface area contributed by atoms with Crippen LogP contribution < -0.4 is 16.0 Å². The summed E-state index contributed by atoms with van der Waals surface area (Å²) in [6.45, 7) is 8.78. The smallest absolute Gasteiger partial charge is 0.227 e. The van der Waals surface area contributed by atoms with E-state index in [2.05, 4.69) is 17.1 Å². The van der Waals surface area contributed by atoms with Gasteiger partial charge in [0.25, 0.3) is 0 Å². The summed E-state index contributed by atoms with van der Waals surface area (Å²) < 4.78 is 0. The molecule has 4 rings (SSSR count). The molecule has 1 aromatic heterocycles. The Bertz CT molecular complexity index is 1030. The lowest BCUT2D eigenvalue weighted by Gasteiger charge is -2.32. The molecule has 5 nitrogen and oxygen atoms in total. The molecule has 1 fully saturated rings. The van der Waals surface area contributed by atoms with E-state index in [0.29, 0.717) is 22.3 Å². The number of anilines is 3. The Morgan fingerprint density at radius 3 is 2.50 bits per heavy atom. The summed E-state index contributed by atoms with van der Waals surface area (Å²) in [4.78, 5) is 12.0. The minimum Gasteiger partial charge on any atom is -0.399 e. The predicted octanol–water partition coefficient (Wildman–Crippen LogP) is 7.17. The number of aromatic nitrogens is 2. The monoisotopic (exact) mass is 473 g/mol. The van der Waals surface area contributed by atoms with Crippen molar-refractivity contribution in [2.24, 2.45) is 5.92 Å². The first-order chi connectivity index (χ1) is 15.5. The Balaban J connectivity index is 0.00000141. The lowest BCUT2D eigenvalue weighted by Crippen LogP contribution is -2.35. The van der Waals surface area contributed by atoms with Gasteiger partial charge in [-0.2, -0.15) is 4.98 Å². The Morgan fingerprint density at radius 1 is 1.06 bits per heavy atom. The van der Waals surface area contributed by atoms with Gasteiger partial charge in [-0.3, -0.25) is 0 Å². The predicted molar refractivity (Wildman–Crippen MR) is 139 cm³/mol. The van der Waals surface area contributed by atoms with E-state index in [4.69, 9.17) is 38.9 Å². The highest BCUT2D eigenvalue weighted by atomic mass is 35.5. The molecule has 1 aliphatic rings. The van der Waals surface area contributed by atoms with Crippen LogP contribution in [0.5, 0.6) is 0 Å². The Morgan fingerprint density at radius 2 is 1.81 bits per heavy atom. The number of fused-ring (bicyclic) bond motifs is 1. The fourth-order valence-corrected chi connectivity index (χ4v) is 4.56. The molecule has 0 spiro atoms. The van der Waals surface area contributed by atoms with Crippen LogP contribution in [-0.2, 0) is 6.54 Å². The van der Waals surface area contributed by atoms with Gasteiger partial charge in [-0.15, -0.1) is 0 Å². The Kier molecular flexibility index (Phi) is 8.83. The normalized spacial score (nSPS) is 14.2. The number of nitrogens with two attached hydrogens (primary N) is 1. The molecule has 0 amide bonds. The molecular weight excluding hydrogens is 441 g/mol. The van der Waals surface area contributed by atoms with Crippen LogP contribution in [0.2, 0.25) is 10.0 Å². The Labute approximate surface area is 201 Å². The van der Waals surface area contributed by atoms with Crippen LogP contribution >= 0.6 is 23.2 Å². The van der Waals surface area contributed by atoms with Gasteiger partial charge in [0.1, 0.15) is 5.82 Å². The SMILES string of the molecule is CC.CCCC1CCN(c2nc(NCc3ccc(Cl)cc3Cl)c3cc(N)ccc3n2)CC1. The summed E-state index contributed by atoms with van der Waals surface area (Å²) in [6, 6.07) is 11.3. The second-order valence-corrected chi connectivity index (χ2v) is 8.80. The van der Waals surface area contributed by atoms with E-state index in [9.17, 15) is 0 Å². The summed E-state index contributed by atoms with van der Waals surface area (Å²) in [5.41, 5.74) is 8.56. The maximum Gasteiger partial charge on any atom is 0.227 e. The average molecular weight is 474 g/mol. The minimum absolute atomic E-state index is 0.537. The van der Waals surface area contributed by atoms with Crippen molar-refractivity contribution in [3.63, 3.8) is 0 Å². The van der Waals surface area contributed by atoms with Crippen molar-refractivity contribution < 1.29 is 0 Å². The van der Waals surface area contributed by atoms with Crippen molar-refractivity contribution in [2.75, 3.05) is 29.0 Å². The van der Waals surface area contributed by atoms with Crippen molar-refractivity contribution in [1.82, 2.24) is 9.97 Å². The standard InChI is InChI=1S/C23H27Cl2N5.C2H6/c1-2-3-15-8-10-30(11-9-15)23-28-21-7-6-18(26)13-19(21)22(29-23)27-14-16-4-5-17(24)12-20(16)25;1-2/h4-7,12-13,15H,2-3,8-11,14,26H2,1H3,(H,27,28,29);1-2H3. The van der Waals surface area contributed by atoms with Crippen LogP contribution in [0.25, 0.3) is 10.9 Å². The lowest BCUT2D eigenvalue weighted by atomic mass is 9.93. The molecule has 7 heteroatoms. The quantitative estimate of drug-likeness (QED) is 0.371. The summed E-state index contributed by atoms with van der Waals surface area (Å²) in [5.74, 6) is 2.35. The van der Waals surface area contributed by atoms with Gasteiger partial charge in [0.15, 0.2) is 0 Å². The second kappa shape index (κ2) is 11.6. The van der Waals surface area contributed by atoms with Crippen LogP contribution in [0.1, 0.15) is 52.0 Å². The van der Waals surface area contributed by atoms with Crippen LogP contribution in [0.3, 0.4) is 0 Å². The van der Waals surface area contributed by atoms with Crippen molar-refractivity contribution in [3.05, 3.63) is 52.0 Å². The Hall–Kier alpha value is -2.24. The summed E-state index contributed by atoms with van der Waals surface area (Å²) in [7, 11) is 0. The molecule has 0 bridgehead atoms. The molecule has 0 atom stereocenters. The molecule has 0 aliphatic carbocycles. The van der Waals surface area contributed by atoms with Gasteiger partial charge >= 0.3 is 0 Å². The fraction of sp³-hybridized carbons (Fsp3) is 0.440. The third kappa shape index (κ3) is 5.96. The van der Waals surface area contributed by atoms with E-state index >= 15 is 0 Å². The van der Waals surface area contributed by atoms with Crippen LogP contribution in [0.4, 0.5) is 17.5 Å². The summed E-state index contributed by atoms with van der Waals surface area (Å²) in [5, 5.41) is 5.60. The van der Waals surface area contributed by atoms with Crippen molar-refractivity contribution in [2.45, 2.75) is 53.0 Å². The van der Waals surface area contributed by atoms with E-state index in [0.717, 1.165) is 47.2 Å². The molecule has 1 aliphatic heterocycles. The van der Waals surface area contributed by atoms with Gasteiger partial charge in [-0.05, 0) is 54.7 Å². The first-order valence-corrected chi connectivity index (χ1v) is 12.3. The molecule has 0 saturated carbocycles. The number of rotatable bonds is 6. The second-order valence-electron chi connectivity index (χ2n) is 7.96. The molecule has 172 valence electrons. The maximum atomic E-state index is 6.35. The highest BCUT2D eigenvalue weighted by Gasteiger charge is 2.21. The number of nitrogens with zero attached hydrogens (tertiary/aromatic N) is 3. The molecule has 3 aromatic rings. The summed E-state index contributed by atoms with van der Waals surface area (Å²) in [6.07, 6.45) is 4.94. The largest absolute Gasteiger partial charge is 0.399 e. The van der Waals surface area contributed by atoms with E-state index < -0.39 is 0 Å². The van der Waals surface area contributed by atoms with Gasteiger partial charge in [-0.25, -0.2) is 4.98 Å². The third-order valence-corrected chi connectivity index (χ3v) is 6.35. The number of nitrogens with one attached hydrogen (secondary N) is 1. The van der Waals surface area contributed by atoms with Gasteiger partial charge in [0.05, 0.1) is 5.52 Å². The number of benzene rings is 2. The minimum atomic E-state index is 0.537. The third-order valence-electron chi connectivity index (χ3n) is 5.76. The van der Waals surface area contributed by atoms with Gasteiger partial charge in [0, 0.05) is 40.8 Å². The first kappa shape index (κ1) is 24.4. The molecule has 1 saturated heterocycles.